The zero-order valence-corrected chi connectivity index (χ0v) is 14.0. The van der Waals surface area contributed by atoms with Crippen molar-refractivity contribution in [2.24, 2.45) is 7.05 Å². The predicted molar refractivity (Wildman–Crippen MR) is 90.7 cm³/mol. The summed E-state index contributed by atoms with van der Waals surface area (Å²) in [5, 5.41) is 7.48. The van der Waals surface area contributed by atoms with Crippen molar-refractivity contribution in [2.75, 3.05) is 24.3 Å². The molecule has 0 aliphatic heterocycles. The van der Waals surface area contributed by atoms with Crippen molar-refractivity contribution in [3.63, 3.8) is 0 Å². The molecule has 0 bridgehead atoms. The summed E-state index contributed by atoms with van der Waals surface area (Å²) in [6, 6.07) is 7.56. The normalized spacial score (nSPS) is 10.6. The van der Waals surface area contributed by atoms with Crippen LogP contribution in [0.15, 0.2) is 24.3 Å². The minimum absolute atomic E-state index is 0.106. The van der Waals surface area contributed by atoms with E-state index in [0.717, 1.165) is 35.6 Å². The molecule has 1 N–H and O–H groups in total. The zero-order chi connectivity index (χ0) is 16.3. The highest BCUT2D eigenvalue weighted by Crippen LogP contribution is 2.21. The second kappa shape index (κ2) is 6.64. The standard InChI is InChI=1S/C17H24N4O/c1-6-14-15(7-2)19-21(5)16(14)18-17(22)12-8-10-13(11-9-12)20(3)4/h8-11H,6-7H2,1-5H3,(H,18,22). The minimum Gasteiger partial charge on any atom is -0.378 e. The Labute approximate surface area is 131 Å². The van der Waals surface area contributed by atoms with E-state index in [-0.39, 0.29) is 5.91 Å². The second-order valence-corrected chi connectivity index (χ2v) is 5.50. The predicted octanol–water partition coefficient (Wildman–Crippen LogP) is 2.86. The number of amides is 1. The van der Waals surface area contributed by atoms with Crippen LogP contribution in [0.3, 0.4) is 0 Å². The van der Waals surface area contributed by atoms with Crippen LogP contribution < -0.4 is 10.2 Å². The third-order valence-electron chi connectivity index (χ3n) is 3.79. The summed E-state index contributed by atoms with van der Waals surface area (Å²) >= 11 is 0. The van der Waals surface area contributed by atoms with Crippen LogP contribution in [0, 0.1) is 0 Å². The van der Waals surface area contributed by atoms with Gasteiger partial charge in [0.25, 0.3) is 5.91 Å². The van der Waals surface area contributed by atoms with Gasteiger partial charge in [0, 0.05) is 38.0 Å². The molecule has 1 amide bonds. The summed E-state index contributed by atoms with van der Waals surface area (Å²) in [7, 11) is 5.82. The molecule has 1 aromatic heterocycles. The number of benzene rings is 1. The van der Waals surface area contributed by atoms with E-state index in [1.165, 1.54) is 0 Å². The van der Waals surface area contributed by atoms with Crippen LogP contribution in [-0.4, -0.2) is 29.8 Å². The van der Waals surface area contributed by atoms with Gasteiger partial charge in [0.2, 0.25) is 0 Å². The van der Waals surface area contributed by atoms with Gasteiger partial charge in [-0.1, -0.05) is 13.8 Å². The Bertz CT molecular complexity index is 656. The van der Waals surface area contributed by atoms with E-state index in [1.54, 1.807) is 4.68 Å². The number of rotatable bonds is 5. The Morgan fingerprint density at radius 2 is 1.82 bits per heavy atom. The number of aryl methyl sites for hydroxylation is 2. The molecule has 22 heavy (non-hydrogen) atoms. The molecule has 0 spiro atoms. The number of carbonyl (C=O) groups is 1. The molecule has 0 unspecified atom stereocenters. The van der Waals surface area contributed by atoms with E-state index in [4.69, 9.17) is 0 Å². The van der Waals surface area contributed by atoms with E-state index in [1.807, 2.05) is 50.3 Å². The van der Waals surface area contributed by atoms with Crippen molar-refractivity contribution in [1.82, 2.24) is 9.78 Å². The highest BCUT2D eigenvalue weighted by molar-refractivity contribution is 6.04. The van der Waals surface area contributed by atoms with Gasteiger partial charge in [0.1, 0.15) is 5.82 Å². The Morgan fingerprint density at radius 1 is 1.18 bits per heavy atom. The minimum atomic E-state index is -0.106. The van der Waals surface area contributed by atoms with Crippen LogP contribution in [0.1, 0.15) is 35.5 Å². The fourth-order valence-electron chi connectivity index (χ4n) is 2.53. The van der Waals surface area contributed by atoms with E-state index < -0.39 is 0 Å². The lowest BCUT2D eigenvalue weighted by molar-refractivity contribution is 0.102. The largest absolute Gasteiger partial charge is 0.378 e. The maximum atomic E-state index is 12.4. The van der Waals surface area contributed by atoms with Crippen LogP contribution >= 0.6 is 0 Å². The smallest absolute Gasteiger partial charge is 0.256 e. The lowest BCUT2D eigenvalue weighted by Gasteiger charge is -2.13. The molecule has 0 saturated heterocycles. The lowest BCUT2D eigenvalue weighted by Crippen LogP contribution is -2.16. The van der Waals surface area contributed by atoms with Crippen LogP contribution in [0.4, 0.5) is 11.5 Å². The summed E-state index contributed by atoms with van der Waals surface area (Å²) < 4.78 is 1.75. The van der Waals surface area contributed by atoms with Crippen molar-refractivity contribution in [2.45, 2.75) is 26.7 Å². The monoisotopic (exact) mass is 300 g/mol. The van der Waals surface area contributed by atoms with E-state index >= 15 is 0 Å². The van der Waals surface area contributed by atoms with Crippen LogP contribution in [0.25, 0.3) is 0 Å². The molecular weight excluding hydrogens is 276 g/mol. The number of nitrogens with zero attached hydrogens (tertiary/aromatic N) is 3. The van der Waals surface area contributed by atoms with Crippen LogP contribution in [0.5, 0.6) is 0 Å². The first-order valence-corrected chi connectivity index (χ1v) is 7.61. The topological polar surface area (TPSA) is 50.2 Å². The fraction of sp³-hybridized carbons (Fsp3) is 0.412. The number of aromatic nitrogens is 2. The maximum Gasteiger partial charge on any atom is 0.256 e. The summed E-state index contributed by atoms with van der Waals surface area (Å²) in [6.07, 6.45) is 1.72. The fourth-order valence-corrected chi connectivity index (χ4v) is 2.53. The maximum absolute atomic E-state index is 12.4. The highest BCUT2D eigenvalue weighted by Gasteiger charge is 2.16. The van der Waals surface area contributed by atoms with Crippen molar-refractivity contribution < 1.29 is 4.79 Å². The average Bonchev–Trinajstić information content (AvgIpc) is 2.82. The van der Waals surface area contributed by atoms with Gasteiger partial charge in [-0.15, -0.1) is 0 Å². The lowest BCUT2D eigenvalue weighted by atomic mass is 10.1. The van der Waals surface area contributed by atoms with Crippen LogP contribution in [0.2, 0.25) is 0 Å². The van der Waals surface area contributed by atoms with Gasteiger partial charge >= 0.3 is 0 Å². The first kappa shape index (κ1) is 16.1. The summed E-state index contributed by atoms with van der Waals surface area (Å²) in [5.74, 6) is 0.687. The van der Waals surface area contributed by atoms with E-state index in [0.29, 0.717) is 5.56 Å². The summed E-state index contributed by atoms with van der Waals surface area (Å²) in [5.41, 5.74) is 3.87. The van der Waals surface area contributed by atoms with Crippen molar-refractivity contribution >= 4 is 17.4 Å². The van der Waals surface area contributed by atoms with Gasteiger partial charge in [-0.25, -0.2) is 0 Å². The first-order valence-electron chi connectivity index (χ1n) is 7.61. The number of hydrogen-bond donors (Lipinski definition) is 1. The quantitative estimate of drug-likeness (QED) is 0.923. The number of hydrogen-bond acceptors (Lipinski definition) is 3. The molecule has 0 aliphatic rings. The molecule has 0 radical (unpaired) electrons. The Kier molecular flexibility index (Phi) is 4.85. The molecule has 1 aromatic carbocycles. The summed E-state index contributed by atoms with van der Waals surface area (Å²) in [6.45, 7) is 4.16. The molecule has 1 heterocycles. The van der Waals surface area contributed by atoms with Crippen LogP contribution in [-0.2, 0) is 19.9 Å². The molecular formula is C17H24N4O. The van der Waals surface area contributed by atoms with Gasteiger partial charge in [-0.3, -0.25) is 9.48 Å². The van der Waals surface area contributed by atoms with Crippen molar-refractivity contribution in [3.05, 3.63) is 41.1 Å². The van der Waals surface area contributed by atoms with Gasteiger partial charge in [-0.05, 0) is 37.1 Å². The number of anilines is 2. The molecule has 5 heteroatoms. The Morgan fingerprint density at radius 3 is 2.32 bits per heavy atom. The van der Waals surface area contributed by atoms with Gasteiger partial charge in [0.05, 0.1) is 5.69 Å². The molecule has 0 aliphatic carbocycles. The zero-order valence-electron chi connectivity index (χ0n) is 14.0. The van der Waals surface area contributed by atoms with Gasteiger partial charge in [-0.2, -0.15) is 5.10 Å². The van der Waals surface area contributed by atoms with Gasteiger partial charge in [0.15, 0.2) is 0 Å². The molecule has 0 atom stereocenters. The molecule has 118 valence electrons. The van der Waals surface area contributed by atoms with E-state index in [9.17, 15) is 4.79 Å². The second-order valence-electron chi connectivity index (χ2n) is 5.50. The Hall–Kier alpha value is -2.30. The summed E-state index contributed by atoms with van der Waals surface area (Å²) in [4.78, 5) is 14.5. The molecule has 2 aromatic rings. The first-order chi connectivity index (χ1) is 10.5. The van der Waals surface area contributed by atoms with Crippen molar-refractivity contribution in [1.29, 1.82) is 0 Å². The van der Waals surface area contributed by atoms with Crippen molar-refractivity contribution in [3.8, 4) is 0 Å². The SMILES string of the molecule is CCc1nn(C)c(NC(=O)c2ccc(N(C)C)cc2)c1CC. The third kappa shape index (κ3) is 3.13. The number of nitrogens with one attached hydrogen (secondary N) is 1. The molecule has 0 fully saturated rings. The molecule has 5 nitrogen and oxygen atoms in total. The highest BCUT2D eigenvalue weighted by atomic mass is 16.1. The third-order valence-corrected chi connectivity index (χ3v) is 3.79. The average molecular weight is 300 g/mol. The molecule has 0 saturated carbocycles. The van der Waals surface area contributed by atoms with E-state index in [2.05, 4.69) is 24.3 Å². The Balaban J connectivity index is 2.23. The number of carbonyl (C=O) groups excluding carboxylic acids is 1. The van der Waals surface area contributed by atoms with Gasteiger partial charge < -0.3 is 10.2 Å². The molecule has 2 rings (SSSR count).